The molecule has 0 radical (unpaired) electrons. The third-order valence-corrected chi connectivity index (χ3v) is 4.90. The minimum atomic E-state index is 0.305. The Bertz CT molecular complexity index is 677. The number of thioether (sulfide) groups is 1. The summed E-state index contributed by atoms with van der Waals surface area (Å²) >= 11 is 1.94. The van der Waals surface area contributed by atoms with E-state index in [-0.39, 0.29) is 0 Å². The van der Waals surface area contributed by atoms with E-state index < -0.39 is 0 Å². The summed E-state index contributed by atoms with van der Waals surface area (Å²) in [6.45, 7) is 1.09. The lowest BCUT2D eigenvalue weighted by Gasteiger charge is -2.26. The van der Waals surface area contributed by atoms with Gasteiger partial charge in [0.1, 0.15) is 12.4 Å². The highest BCUT2D eigenvalue weighted by atomic mass is 32.2. The summed E-state index contributed by atoms with van der Waals surface area (Å²) in [5, 5.41) is 3.67. The van der Waals surface area contributed by atoms with Crippen molar-refractivity contribution in [2.75, 3.05) is 12.4 Å². The normalized spacial score (nSPS) is 16.6. The topological polar surface area (TPSA) is 21.3 Å². The lowest BCUT2D eigenvalue weighted by molar-refractivity contribution is 0.363. The number of rotatable bonds is 5. The van der Waals surface area contributed by atoms with E-state index in [1.54, 1.807) is 0 Å². The van der Waals surface area contributed by atoms with Crippen LogP contribution in [0.25, 0.3) is 0 Å². The molecule has 0 bridgehead atoms. The Hall–Kier alpha value is -1.89. The monoisotopic (exact) mass is 309 g/mol. The Kier molecular flexibility index (Phi) is 5.05. The van der Waals surface area contributed by atoms with Gasteiger partial charge in [0, 0.05) is 23.0 Å². The van der Waals surface area contributed by atoms with E-state index in [1.165, 1.54) is 10.5 Å². The van der Waals surface area contributed by atoms with Crippen LogP contribution in [0.3, 0.4) is 0 Å². The molecule has 112 valence electrons. The first-order valence-corrected chi connectivity index (χ1v) is 8.46. The molecule has 3 rings (SSSR count). The summed E-state index contributed by atoms with van der Waals surface area (Å²) in [7, 11) is 0. The minimum absolute atomic E-state index is 0.305. The van der Waals surface area contributed by atoms with Gasteiger partial charge in [-0.15, -0.1) is 18.2 Å². The molecule has 0 fully saturated rings. The van der Waals surface area contributed by atoms with E-state index in [9.17, 15) is 0 Å². The molecule has 2 aromatic carbocycles. The van der Waals surface area contributed by atoms with E-state index in [0.717, 1.165) is 30.0 Å². The van der Waals surface area contributed by atoms with E-state index in [2.05, 4.69) is 41.6 Å². The number of fused-ring (bicyclic) bond motifs is 1. The highest BCUT2D eigenvalue weighted by Gasteiger charge is 2.19. The van der Waals surface area contributed by atoms with E-state index in [4.69, 9.17) is 11.2 Å². The Morgan fingerprint density at radius 3 is 2.91 bits per heavy atom. The van der Waals surface area contributed by atoms with Gasteiger partial charge in [0.2, 0.25) is 0 Å². The zero-order chi connectivity index (χ0) is 15.2. The van der Waals surface area contributed by atoms with E-state index >= 15 is 0 Å². The third kappa shape index (κ3) is 3.47. The van der Waals surface area contributed by atoms with Gasteiger partial charge in [-0.1, -0.05) is 42.3 Å². The first kappa shape index (κ1) is 15.0. The predicted molar refractivity (Wildman–Crippen MR) is 92.1 cm³/mol. The molecular formula is C19H19NOS. The van der Waals surface area contributed by atoms with Crippen molar-refractivity contribution in [1.29, 1.82) is 0 Å². The number of para-hydroxylation sites is 1. The molecule has 0 spiro atoms. The predicted octanol–water partition coefficient (Wildman–Crippen LogP) is 4.03. The molecule has 3 heteroatoms. The van der Waals surface area contributed by atoms with Crippen molar-refractivity contribution in [2.24, 2.45) is 0 Å². The maximum Gasteiger partial charge on any atom is 0.148 e. The van der Waals surface area contributed by atoms with Gasteiger partial charge in [0.15, 0.2) is 0 Å². The maximum absolute atomic E-state index is 5.62. The van der Waals surface area contributed by atoms with Crippen LogP contribution in [-0.2, 0) is 6.54 Å². The van der Waals surface area contributed by atoms with Gasteiger partial charge < -0.3 is 10.1 Å². The highest BCUT2D eigenvalue weighted by Crippen LogP contribution is 2.36. The van der Waals surface area contributed by atoms with Crippen LogP contribution >= 0.6 is 11.8 Å². The molecule has 22 heavy (non-hydrogen) atoms. The fourth-order valence-electron chi connectivity index (χ4n) is 2.70. The second-order valence-electron chi connectivity index (χ2n) is 5.21. The lowest BCUT2D eigenvalue weighted by Crippen LogP contribution is -2.24. The summed E-state index contributed by atoms with van der Waals surface area (Å²) in [6, 6.07) is 17.1. The van der Waals surface area contributed by atoms with E-state index in [0.29, 0.717) is 12.6 Å². The summed E-state index contributed by atoms with van der Waals surface area (Å²) in [5.74, 6) is 4.54. The molecule has 2 aromatic rings. The smallest absolute Gasteiger partial charge is 0.148 e. The van der Waals surface area contributed by atoms with Crippen molar-refractivity contribution >= 4 is 11.8 Å². The van der Waals surface area contributed by atoms with Crippen LogP contribution in [0.2, 0.25) is 0 Å². The fraction of sp³-hybridized carbons (Fsp3) is 0.263. The summed E-state index contributed by atoms with van der Waals surface area (Å²) in [4.78, 5) is 1.39. The molecular weight excluding hydrogens is 290 g/mol. The summed E-state index contributed by atoms with van der Waals surface area (Å²) in [5.41, 5.74) is 2.55. The largest absolute Gasteiger partial charge is 0.481 e. The Labute approximate surface area is 136 Å². The van der Waals surface area contributed by atoms with Gasteiger partial charge >= 0.3 is 0 Å². The van der Waals surface area contributed by atoms with Crippen LogP contribution in [0.15, 0.2) is 53.4 Å². The lowest BCUT2D eigenvalue weighted by atomic mass is 10.0. The Balaban J connectivity index is 1.70. The quantitative estimate of drug-likeness (QED) is 0.843. The van der Waals surface area contributed by atoms with Crippen molar-refractivity contribution in [1.82, 2.24) is 5.32 Å². The second kappa shape index (κ2) is 7.40. The third-order valence-electron chi connectivity index (χ3n) is 3.78. The van der Waals surface area contributed by atoms with Gasteiger partial charge in [0.05, 0.1) is 0 Å². The molecule has 1 aliphatic rings. The molecule has 0 amide bonds. The standard InChI is InChI=1S/C19H19NOS/c1-2-12-21-18-9-5-3-7-15(18)14-20-17-11-13-22-19-10-6-4-8-16(17)19/h1,3-10,17,20H,11-14H2. The molecule has 2 nitrogen and oxygen atoms in total. The number of hydrogen-bond acceptors (Lipinski definition) is 3. The van der Waals surface area contributed by atoms with Crippen molar-refractivity contribution in [3.63, 3.8) is 0 Å². The highest BCUT2D eigenvalue weighted by molar-refractivity contribution is 7.99. The molecule has 1 unspecified atom stereocenters. The zero-order valence-electron chi connectivity index (χ0n) is 12.4. The van der Waals surface area contributed by atoms with Crippen molar-refractivity contribution in [2.45, 2.75) is 23.9 Å². The average molecular weight is 309 g/mol. The number of terminal acetylenes is 1. The second-order valence-corrected chi connectivity index (χ2v) is 6.35. The fourth-order valence-corrected chi connectivity index (χ4v) is 3.82. The summed E-state index contributed by atoms with van der Waals surface area (Å²) < 4.78 is 5.62. The molecule has 1 atom stereocenters. The van der Waals surface area contributed by atoms with Gasteiger partial charge in [-0.3, -0.25) is 0 Å². The molecule has 1 aliphatic heterocycles. The Morgan fingerprint density at radius 2 is 2.00 bits per heavy atom. The van der Waals surface area contributed by atoms with E-state index in [1.807, 2.05) is 30.0 Å². The first-order valence-electron chi connectivity index (χ1n) is 7.48. The minimum Gasteiger partial charge on any atom is -0.481 e. The first-order chi connectivity index (χ1) is 10.9. The van der Waals surface area contributed by atoms with Crippen molar-refractivity contribution < 1.29 is 4.74 Å². The summed E-state index contributed by atoms with van der Waals surface area (Å²) in [6.07, 6.45) is 6.43. The molecule has 0 saturated heterocycles. The number of hydrogen-bond donors (Lipinski definition) is 1. The molecule has 0 aliphatic carbocycles. The van der Waals surface area contributed by atoms with Crippen LogP contribution in [0.1, 0.15) is 23.6 Å². The number of benzene rings is 2. The van der Waals surface area contributed by atoms with Gasteiger partial charge in [0.25, 0.3) is 0 Å². The SMILES string of the molecule is C#CCOc1ccccc1CNC1CCSc2ccccc21. The zero-order valence-corrected chi connectivity index (χ0v) is 13.2. The van der Waals surface area contributed by atoms with Gasteiger partial charge in [-0.05, 0) is 29.9 Å². The van der Waals surface area contributed by atoms with Crippen molar-refractivity contribution in [3.05, 3.63) is 59.7 Å². The Morgan fingerprint density at radius 1 is 1.18 bits per heavy atom. The average Bonchev–Trinajstić information content (AvgIpc) is 2.59. The van der Waals surface area contributed by atoms with Crippen LogP contribution in [-0.4, -0.2) is 12.4 Å². The van der Waals surface area contributed by atoms with Crippen LogP contribution in [0.4, 0.5) is 0 Å². The molecule has 0 aromatic heterocycles. The number of nitrogens with one attached hydrogen (secondary N) is 1. The molecule has 0 saturated carbocycles. The van der Waals surface area contributed by atoms with Crippen LogP contribution in [0.5, 0.6) is 5.75 Å². The number of ether oxygens (including phenoxy) is 1. The van der Waals surface area contributed by atoms with Crippen LogP contribution in [0, 0.1) is 12.3 Å². The van der Waals surface area contributed by atoms with Crippen molar-refractivity contribution in [3.8, 4) is 18.1 Å². The molecule has 1 heterocycles. The van der Waals surface area contributed by atoms with Gasteiger partial charge in [-0.25, -0.2) is 0 Å². The van der Waals surface area contributed by atoms with Gasteiger partial charge in [-0.2, -0.15) is 0 Å². The van der Waals surface area contributed by atoms with Crippen LogP contribution < -0.4 is 10.1 Å². The molecule has 1 N–H and O–H groups in total. The maximum atomic E-state index is 5.62.